The maximum absolute atomic E-state index is 13.6. The number of alkyl halides is 5. The van der Waals surface area contributed by atoms with Crippen LogP contribution in [0, 0.1) is 0 Å². The molecular weight excluding hydrogens is 497 g/mol. The topological polar surface area (TPSA) is 108 Å². The molecule has 1 aliphatic heterocycles. The van der Waals surface area contributed by atoms with Crippen molar-refractivity contribution < 1.29 is 36.3 Å². The van der Waals surface area contributed by atoms with Gasteiger partial charge in [-0.05, 0) is 19.1 Å². The van der Waals surface area contributed by atoms with Crippen LogP contribution in [0.1, 0.15) is 69.6 Å². The fourth-order valence-electron chi connectivity index (χ4n) is 4.02. The maximum atomic E-state index is 13.6. The summed E-state index contributed by atoms with van der Waals surface area (Å²) in [5.41, 5.74) is -1.15. The molecule has 0 bridgehead atoms. The van der Waals surface area contributed by atoms with Crippen LogP contribution in [-0.2, 0) is 12.6 Å². The highest BCUT2D eigenvalue weighted by Gasteiger charge is 2.41. The molecule has 184 valence electrons. The number of nitrogens with zero attached hydrogens (tertiary/aromatic N) is 4. The summed E-state index contributed by atoms with van der Waals surface area (Å²) in [7, 11) is 0. The van der Waals surface area contributed by atoms with E-state index < -0.39 is 53.6 Å². The predicted molar refractivity (Wildman–Crippen MR) is 112 cm³/mol. The number of aromatic amines is 1. The van der Waals surface area contributed by atoms with Gasteiger partial charge < -0.3 is 19.4 Å². The number of benzene rings is 1. The number of aliphatic hydroxyl groups excluding tert-OH is 1. The van der Waals surface area contributed by atoms with E-state index in [-0.39, 0.29) is 28.2 Å². The van der Waals surface area contributed by atoms with Crippen LogP contribution in [0.15, 0.2) is 28.9 Å². The Bertz CT molecular complexity index is 1410. The lowest BCUT2D eigenvalue weighted by Gasteiger charge is -2.33. The standard InChI is InChI=1S/C21H16F5N5O3S/c1-8(32)18-29-14(17(22)23)16(34-18)20(33)31-6-5-10-13(28-7-27-10)15(31)19-30-12-9(21(24,25)26)3-2-4-11(12)35-19/h2-4,7-8,15,17,32H,5-6H2,1H3,(H,27,28)/t8-,15+/m1/s1. The summed E-state index contributed by atoms with van der Waals surface area (Å²) < 4.78 is 73.3. The number of H-pyrrole nitrogens is 1. The third kappa shape index (κ3) is 3.95. The van der Waals surface area contributed by atoms with E-state index in [1.807, 2.05) is 0 Å². The number of carbonyl (C=O) groups is 1. The van der Waals surface area contributed by atoms with Crippen molar-refractivity contribution in [2.45, 2.75) is 38.1 Å². The largest absolute Gasteiger partial charge is 0.432 e. The molecule has 0 saturated carbocycles. The number of nitrogens with one attached hydrogen (secondary N) is 1. The molecule has 4 aromatic rings. The number of hydrogen-bond acceptors (Lipinski definition) is 7. The zero-order valence-electron chi connectivity index (χ0n) is 17.8. The number of oxazole rings is 1. The number of amides is 1. The number of thiazole rings is 1. The highest BCUT2D eigenvalue weighted by molar-refractivity contribution is 7.18. The third-order valence-electron chi connectivity index (χ3n) is 5.59. The van der Waals surface area contributed by atoms with Gasteiger partial charge in [-0.15, -0.1) is 11.3 Å². The second-order valence-corrected chi connectivity index (χ2v) is 8.92. The van der Waals surface area contributed by atoms with Gasteiger partial charge in [0.2, 0.25) is 11.7 Å². The van der Waals surface area contributed by atoms with Crippen LogP contribution in [0.5, 0.6) is 0 Å². The van der Waals surface area contributed by atoms with E-state index in [1.54, 1.807) is 0 Å². The van der Waals surface area contributed by atoms with Crippen molar-refractivity contribution >= 4 is 27.5 Å². The average Bonchev–Trinajstić information content (AvgIpc) is 3.54. The highest BCUT2D eigenvalue weighted by Crippen LogP contribution is 2.42. The van der Waals surface area contributed by atoms with Crippen LogP contribution in [0.2, 0.25) is 0 Å². The Morgan fingerprint density at radius 3 is 2.77 bits per heavy atom. The lowest BCUT2D eigenvalue weighted by Crippen LogP contribution is -2.41. The van der Waals surface area contributed by atoms with Crippen LogP contribution in [0.25, 0.3) is 10.2 Å². The quantitative estimate of drug-likeness (QED) is 0.380. The van der Waals surface area contributed by atoms with Crippen LogP contribution in [0.3, 0.4) is 0 Å². The molecule has 1 aromatic carbocycles. The average molecular weight is 513 g/mol. The van der Waals surface area contributed by atoms with Gasteiger partial charge >= 0.3 is 6.18 Å². The molecule has 0 unspecified atom stereocenters. The Labute approximate surface area is 197 Å². The third-order valence-corrected chi connectivity index (χ3v) is 6.66. The second-order valence-electron chi connectivity index (χ2n) is 7.86. The summed E-state index contributed by atoms with van der Waals surface area (Å²) in [6.07, 6.45) is -7.48. The molecule has 1 amide bonds. The maximum Gasteiger partial charge on any atom is 0.418 e. The number of para-hydroxylation sites is 1. The van der Waals surface area contributed by atoms with Gasteiger partial charge in [0.15, 0.2) is 5.69 Å². The fourth-order valence-corrected chi connectivity index (χ4v) is 5.13. The van der Waals surface area contributed by atoms with Gasteiger partial charge in [-0.25, -0.2) is 23.7 Å². The zero-order chi connectivity index (χ0) is 25.1. The summed E-state index contributed by atoms with van der Waals surface area (Å²) in [6, 6.07) is 2.60. The number of hydrogen-bond donors (Lipinski definition) is 2. The summed E-state index contributed by atoms with van der Waals surface area (Å²) in [5, 5.41) is 9.83. The van der Waals surface area contributed by atoms with E-state index in [9.17, 15) is 31.9 Å². The normalized spacial score (nSPS) is 17.3. The fraction of sp³-hybridized carbons (Fsp3) is 0.333. The summed E-state index contributed by atoms with van der Waals surface area (Å²) in [6.45, 7) is 1.27. The minimum Gasteiger partial charge on any atom is -0.432 e. The van der Waals surface area contributed by atoms with E-state index in [1.165, 1.54) is 30.3 Å². The van der Waals surface area contributed by atoms with Gasteiger partial charge in [-0.3, -0.25) is 4.79 Å². The summed E-state index contributed by atoms with van der Waals surface area (Å²) >= 11 is 0.945. The molecule has 0 spiro atoms. The zero-order valence-corrected chi connectivity index (χ0v) is 18.6. The van der Waals surface area contributed by atoms with Crippen molar-refractivity contribution in [1.82, 2.24) is 24.8 Å². The number of halogens is 5. The number of imidazole rings is 1. The molecule has 0 aliphatic carbocycles. The predicted octanol–water partition coefficient (Wildman–Crippen LogP) is 4.81. The number of aliphatic hydroxyl groups is 1. The number of aromatic nitrogens is 4. The van der Waals surface area contributed by atoms with E-state index in [2.05, 4.69) is 19.9 Å². The van der Waals surface area contributed by atoms with E-state index in [4.69, 9.17) is 4.42 Å². The van der Waals surface area contributed by atoms with Gasteiger partial charge in [0.1, 0.15) is 17.2 Å². The molecular formula is C21H16F5N5O3S. The first-order valence-corrected chi connectivity index (χ1v) is 11.1. The molecule has 2 atom stereocenters. The van der Waals surface area contributed by atoms with Gasteiger partial charge in [-0.1, -0.05) is 6.07 Å². The first-order chi connectivity index (χ1) is 16.6. The molecule has 2 N–H and O–H groups in total. The summed E-state index contributed by atoms with van der Waals surface area (Å²) in [4.78, 5) is 29.6. The number of fused-ring (bicyclic) bond motifs is 2. The Balaban J connectivity index is 1.64. The molecule has 35 heavy (non-hydrogen) atoms. The lowest BCUT2D eigenvalue weighted by molar-refractivity contribution is -0.136. The molecule has 1 aliphatic rings. The molecule has 0 saturated heterocycles. The molecule has 8 nitrogen and oxygen atoms in total. The Morgan fingerprint density at radius 1 is 1.31 bits per heavy atom. The lowest BCUT2D eigenvalue weighted by atomic mass is 10.0. The van der Waals surface area contributed by atoms with E-state index in [0.29, 0.717) is 11.4 Å². The molecule has 0 fully saturated rings. The van der Waals surface area contributed by atoms with Gasteiger partial charge in [0, 0.05) is 18.7 Å². The number of rotatable bonds is 4. The monoisotopic (exact) mass is 513 g/mol. The van der Waals surface area contributed by atoms with Crippen molar-refractivity contribution in [1.29, 1.82) is 0 Å². The van der Waals surface area contributed by atoms with Crippen molar-refractivity contribution in [3.05, 3.63) is 63.8 Å². The molecule has 4 heterocycles. The Morgan fingerprint density at radius 2 is 2.09 bits per heavy atom. The smallest absolute Gasteiger partial charge is 0.418 e. The van der Waals surface area contributed by atoms with Crippen LogP contribution in [-0.4, -0.2) is 42.4 Å². The first kappa shape index (κ1) is 23.4. The van der Waals surface area contributed by atoms with Crippen molar-refractivity contribution in [2.24, 2.45) is 0 Å². The van der Waals surface area contributed by atoms with Gasteiger partial charge in [0.25, 0.3) is 12.3 Å². The van der Waals surface area contributed by atoms with Crippen molar-refractivity contribution in [3.8, 4) is 0 Å². The van der Waals surface area contributed by atoms with E-state index >= 15 is 0 Å². The molecule has 5 rings (SSSR count). The van der Waals surface area contributed by atoms with Crippen LogP contribution in [0.4, 0.5) is 22.0 Å². The Kier molecular flexibility index (Phi) is 5.59. The van der Waals surface area contributed by atoms with Crippen LogP contribution >= 0.6 is 11.3 Å². The number of carbonyl (C=O) groups excluding carboxylic acids is 1. The minimum atomic E-state index is -4.65. The van der Waals surface area contributed by atoms with Crippen LogP contribution < -0.4 is 0 Å². The first-order valence-electron chi connectivity index (χ1n) is 10.3. The van der Waals surface area contributed by atoms with E-state index in [0.717, 1.165) is 17.4 Å². The van der Waals surface area contributed by atoms with Crippen molar-refractivity contribution in [2.75, 3.05) is 6.54 Å². The van der Waals surface area contributed by atoms with Crippen molar-refractivity contribution in [3.63, 3.8) is 0 Å². The van der Waals surface area contributed by atoms with Gasteiger partial charge in [-0.2, -0.15) is 13.2 Å². The molecule has 14 heteroatoms. The molecule has 3 aromatic heterocycles. The highest BCUT2D eigenvalue weighted by atomic mass is 32.1. The second kappa shape index (κ2) is 8.37. The van der Waals surface area contributed by atoms with Gasteiger partial charge in [0.05, 0.1) is 27.8 Å². The minimum absolute atomic E-state index is 0.0220. The SMILES string of the molecule is C[C@@H](O)c1nc(C(F)F)c(C(=O)N2CCc3[nH]cnc3[C@H]2c2nc3c(C(F)(F)F)cccc3s2)o1. The molecule has 0 radical (unpaired) electrons. The summed E-state index contributed by atoms with van der Waals surface area (Å²) in [5.74, 6) is -2.17. The Hall–Kier alpha value is -3.39.